The quantitative estimate of drug-likeness (QED) is 0.341. The number of halogens is 3. The average Bonchev–Trinajstić information content (AvgIpc) is 2.71. The van der Waals surface area contributed by atoms with Crippen molar-refractivity contribution in [3.63, 3.8) is 0 Å². The van der Waals surface area contributed by atoms with Crippen molar-refractivity contribution in [1.82, 2.24) is 0 Å². The van der Waals surface area contributed by atoms with Crippen LogP contribution < -0.4 is 4.74 Å². The molecule has 4 heteroatoms. The maximum atomic E-state index is 15.4. The van der Waals surface area contributed by atoms with E-state index in [0.717, 1.165) is 36.8 Å². The number of hydrogen-bond acceptors (Lipinski definition) is 1. The molecular weight excluding hydrogens is 373 g/mol. The Morgan fingerprint density at radius 3 is 2.10 bits per heavy atom. The fraction of sp³-hybridized carbons (Fsp3) is 0.200. The number of benzene rings is 3. The number of fused-ring (bicyclic) bond motifs is 1. The van der Waals surface area contributed by atoms with E-state index in [1.54, 1.807) is 24.3 Å². The maximum absolute atomic E-state index is 15.4. The van der Waals surface area contributed by atoms with Gasteiger partial charge in [0.05, 0.1) is 5.56 Å². The first-order valence-corrected chi connectivity index (χ1v) is 9.54. The van der Waals surface area contributed by atoms with Crippen LogP contribution in [0, 0.1) is 5.82 Å². The molecule has 0 aromatic heterocycles. The van der Waals surface area contributed by atoms with Crippen LogP contribution in [0.4, 0.5) is 13.2 Å². The highest BCUT2D eigenvalue weighted by Gasteiger charge is 2.19. The van der Waals surface area contributed by atoms with Crippen molar-refractivity contribution in [2.24, 2.45) is 0 Å². The third kappa shape index (κ3) is 4.89. The van der Waals surface area contributed by atoms with E-state index >= 15 is 4.39 Å². The van der Waals surface area contributed by atoms with Gasteiger partial charge in [0.25, 0.3) is 0 Å². The normalized spacial score (nSPS) is 11.0. The lowest BCUT2D eigenvalue weighted by molar-refractivity contribution is -0.0494. The molecule has 0 unspecified atom stereocenters. The van der Waals surface area contributed by atoms with Gasteiger partial charge in [-0.05, 0) is 53.8 Å². The summed E-state index contributed by atoms with van der Waals surface area (Å²) in [5.74, 6) is -0.725. The molecule has 29 heavy (non-hydrogen) atoms. The SMILES string of the molecule is C=CCCc1ccc(-c2c(OC(F)F)cc3cc(CCC=C)ccc3c2F)cc1. The smallest absolute Gasteiger partial charge is 0.387 e. The van der Waals surface area contributed by atoms with Gasteiger partial charge in [-0.15, -0.1) is 13.2 Å². The van der Waals surface area contributed by atoms with Crippen molar-refractivity contribution in [1.29, 1.82) is 0 Å². The Kier molecular flexibility index (Phi) is 6.76. The number of alkyl halides is 2. The molecule has 0 spiro atoms. The van der Waals surface area contributed by atoms with Gasteiger partial charge in [-0.25, -0.2) is 4.39 Å². The fourth-order valence-corrected chi connectivity index (χ4v) is 3.38. The Labute approximate surface area is 169 Å². The van der Waals surface area contributed by atoms with Gasteiger partial charge >= 0.3 is 6.61 Å². The molecule has 0 radical (unpaired) electrons. The first-order chi connectivity index (χ1) is 14.0. The summed E-state index contributed by atoms with van der Waals surface area (Å²) in [6, 6.07) is 14.0. The molecule has 0 heterocycles. The monoisotopic (exact) mass is 396 g/mol. The van der Waals surface area contributed by atoms with Gasteiger partial charge in [-0.2, -0.15) is 8.78 Å². The number of hydrogen-bond donors (Lipinski definition) is 0. The van der Waals surface area contributed by atoms with E-state index in [4.69, 9.17) is 4.74 Å². The van der Waals surface area contributed by atoms with Crippen molar-refractivity contribution in [2.45, 2.75) is 32.3 Å². The van der Waals surface area contributed by atoms with Crippen LogP contribution in [0.25, 0.3) is 21.9 Å². The lowest BCUT2D eigenvalue weighted by atomic mass is 9.96. The van der Waals surface area contributed by atoms with Crippen LogP contribution in [-0.2, 0) is 12.8 Å². The molecule has 3 rings (SSSR count). The Morgan fingerprint density at radius 1 is 0.862 bits per heavy atom. The summed E-state index contributed by atoms with van der Waals surface area (Å²) in [6.45, 7) is 4.36. The molecule has 3 aromatic carbocycles. The van der Waals surface area contributed by atoms with Gasteiger partial charge < -0.3 is 4.74 Å². The molecule has 0 N–H and O–H groups in total. The summed E-state index contributed by atoms with van der Waals surface area (Å²) in [7, 11) is 0. The predicted octanol–water partition coefficient (Wildman–Crippen LogP) is 7.48. The summed E-state index contributed by atoms with van der Waals surface area (Å²) >= 11 is 0. The van der Waals surface area contributed by atoms with Gasteiger partial charge in [0.2, 0.25) is 0 Å². The van der Waals surface area contributed by atoms with Crippen molar-refractivity contribution >= 4 is 10.8 Å². The molecule has 0 bridgehead atoms. The molecule has 0 saturated heterocycles. The van der Waals surface area contributed by atoms with Gasteiger partial charge in [0, 0.05) is 5.39 Å². The van der Waals surface area contributed by atoms with Crippen LogP contribution in [-0.4, -0.2) is 6.61 Å². The maximum Gasteiger partial charge on any atom is 0.387 e. The molecule has 0 amide bonds. The number of ether oxygens (including phenoxy) is 1. The van der Waals surface area contributed by atoms with E-state index in [-0.39, 0.29) is 11.3 Å². The van der Waals surface area contributed by atoms with Crippen molar-refractivity contribution in [3.8, 4) is 16.9 Å². The van der Waals surface area contributed by atoms with Crippen LogP contribution in [0.2, 0.25) is 0 Å². The third-order valence-electron chi connectivity index (χ3n) is 4.84. The number of rotatable bonds is 9. The first-order valence-electron chi connectivity index (χ1n) is 9.54. The van der Waals surface area contributed by atoms with Gasteiger partial charge in [0.15, 0.2) is 0 Å². The van der Waals surface area contributed by atoms with E-state index < -0.39 is 12.4 Å². The van der Waals surface area contributed by atoms with Crippen molar-refractivity contribution in [2.75, 3.05) is 0 Å². The number of aryl methyl sites for hydroxylation is 2. The zero-order valence-corrected chi connectivity index (χ0v) is 16.1. The second kappa shape index (κ2) is 9.46. The molecule has 1 nitrogen and oxygen atoms in total. The lowest BCUT2D eigenvalue weighted by Gasteiger charge is -2.15. The third-order valence-corrected chi connectivity index (χ3v) is 4.84. The summed E-state index contributed by atoms with van der Waals surface area (Å²) in [5.41, 5.74) is 2.60. The topological polar surface area (TPSA) is 9.23 Å². The molecule has 0 fully saturated rings. The van der Waals surface area contributed by atoms with Crippen molar-refractivity contribution in [3.05, 3.63) is 90.8 Å². The fourth-order valence-electron chi connectivity index (χ4n) is 3.38. The van der Waals surface area contributed by atoms with Crippen LogP contribution in [0.5, 0.6) is 5.75 Å². The zero-order valence-electron chi connectivity index (χ0n) is 16.1. The van der Waals surface area contributed by atoms with Crippen LogP contribution in [0.15, 0.2) is 73.8 Å². The Bertz CT molecular complexity index is 1010. The molecule has 0 aliphatic rings. The summed E-state index contributed by atoms with van der Waals surface area (Å²) in [4.78, 5) is 0. The Morgan fingerprint density at radius 2 is 1.48 bits per heavy atom. The Hall–Kier alpha value is -3.01. The highest BCUT2D eigenvalue weighted by molar-refractivity contribution is 5.92. The van der Waals surface area contributed by atoms with Gasteiger partial charge in [-0.3, -0.25) is 0 Å². The Balaban J connectivity index is 2.09. The van der Waals surface area contributed by atoms with E-state index in [1.807, 2.05) is 30.3 Å². The minimum absolute atomic E-state index is 0.0481. The van der Waals surface area contributed by atoms with E-state index in [0.29, 0.717) is 16.3 Å². The highest BCUT2D eigenvalue weighted by atomic mass is 19.3. The van der Waals surface area contributed by atoms with Crippen molar-refractivity contribution < 1.29 is 17.9 Å². The number of allylic oxidation sites excluding steroid dienone is 2. The van der Waals surface area contributed by atoms with Crippen LogP contribution >= 0.6 is 0 Å². The summed E-state index contributed by atoms with van der Waals surface area (Å²) in [5, 5.41) is 0.908. The molecule has 0 saturated carbocycles. The minimum Gasteiger partial charge on any atom is -0.434 e. The van der Waals surface area contributed by atoms with E-state index in [2.05, 4.69) is 13.2 Å². The van der Waals surface area contributed by atoms with E-state index in [1.165, 1.54) is 6.07 Å². The highest BCUT2D eigenvalue weighted by Crippen LogP contribution is 2.39. The van der Waals surface area contributed by atoms with E-state index in [9.17, 15) is 8.78 Å². The van der Waals surface area contributed by atoms with Gasteiger partial charge in [0.1, 0.15) is 11.6 Å². The van der Waals surface area contributed by atoms with Crippen LogP contribution in [0.3, 0.4) is 0 Å². The molecule has 3 aromatic rings. The molecular formula is C25H23F3O. The lowest BCUT2D eigenvalue weighted by Crippen LogP contribution is -2.05. The second-order valence-electron chi connectivity index (χ2n) is 6.85. The molecule has 150 valence electrons. The molecule has 0 aliphatic carbocycles. The molecule has 0 atom stereocenters. The summed E-state index contributed by atoms with van der Waals surface area (Å²) < 4.78 is 46.2. The molecule has 0 aliphatic heterocycles. The second-order valence-corrected chi connectivity index (χ2v) is 6.85. The zero-order chi connectivity index (χ0) is 20.8. The predicted molar refractivity (Wildman–Crippen MR) is 113 cm³/mol. The summed E-state index contributed by atoms with van der Waals surface area (Å²) in [6.07, 6.45) is 6.81. The van der Waals surface area contributed by atoms with Gasteiger partial charge in [-0.1, -0.05) is 54.6 Å². The minimum atomic E-state index is -3.04. The largest absolute Gasteiger partial charge is 0.434 e. The average molecular weight is 396 g/mol. The van der Waals surface area contributed by atoms with Crippen LogP contribution in [0.1, 0.15) is 24.0 Å². The standard InChI is InChI=1S/C25H23F3O/c1-3-5-7-17-9-12-19(13-10-17)23-22(29-25(27)28)16-20-15-18(8-6-4-2)11-14-21(20)24(23)26/h3-4,9-16,25H,1-2,5-8H2. The first kappa shape index (κ1) is 20.7.